The Morgan fingerprint density at radius 1 is 1.23 bits per heavy atom. The van der Waals surface area contributed by atoms with Crippen LogP contribution in [0.15, 0.2) is 34.9 Å². The molecule has 0 atom stereocenters. The Morgan fingerprint density at radius 2 is 2.00 bits per heavy atom. The van der Waals surface area contributed by atoms with Gasteiger partial charge in [-0.25, -0.2) is 9.18 Å². The number of urea groups is 1. The normalized spacial score (nSPS) is 15.0. The first-order valence-electron chi connectivity index (χ1n) is 9.99. The first-order valence-corrected chi connectivity index (χ1v) is 9.99. The summed E-state index contributed by atoms with van der Waals surface area (Å²) in [6, 6.07) is 5.11. The van der Waals surface area contributed by atoms with Gasteiger partial charge in [0.15, 0.2) is 0 Å². The zero-order valence-electron chi connectivity index (χ0n) is 16.9. The summed E-state index contributed by atoms with van der Waals surface area (Å²) in [4.78, 5) is 26.7. The number of nitrogens with one attached hydrogen (secondary N) is 3. The zero-order chi connectivity index (χ0) is 21.5. The Hall–Kier alpha value is -2.91. The fourth-order valence-corrected chi connectivity index (χ4v) is 3.48. The molecule has 162 valence electrons. The van der Waals surface area contributed by atoms with Crippen LogP contribution in [-0.2, 0) is 0 Å². The number of rotatable bonds is 7. The van der Waals surface area contributed by atoms with Crippen LogP contribution < -0.4 is 16.0 Å². The highest BCUT2D eigenvalue weighted by molar-refractivity contribution is 6.05. The standard InChI is InChI=1S/C21H27FN4O4/c1-14-17(6-11-30-14)20(28)25-19-12-16(2-3-18(19)22)24-21(29)23-13-15-4-7-26(8-5-15)9-10-27/h2-3,6,11-12,15,27H,4-5,7-10,13H2,1H3,(H,25,28)(H2,23,24,29). The van der Waals surface area contributed by atoms with Crippen molar-refractivity contribution in [3.8, 4) is 0 Å². The van der Waals surface area contributed by atoms with Gasteiger partial charge in [-0.15, -0.1) is 0 Å². The van der Waals surface area contributed by atoms with Crippen LogP contribution in [0, 0.1) is 18.7 Å². The van der Waals surface area contributed by atoms with E-state index in [2.05, 4.69) is 20.9 Å². The number of likely N-dealkylation sites (tertiary alicyclic amines) is 1. The van der Waals surface area contributed by atoms with Crippen LogP contribution in [0.2, 0.25) is 0 Å². The van der Waals surface area contributed by atoms with E-state index in [4.69, 9.17) is 9.52 Å². The number of benzene rings is 1. The smallest absolute Gasteiger partial charge is 0.319 e. The van der Waals surface area contributed by atoms with E-state index in [-0.39, 0.29) is 18.3 Å². The van der Waals surface area contributed by atoms with Crippen LogP contribution in [0.3, 0.4) is 0 Å². The number of carbonyl (C=O) groups is 2. The summed E-state index contributed by atoms with van der Waals surface area (Å²) in [7, 11) is 0. The van der Waals surface area contributed by atoms with Gasteiger partial charge < -0.3 is 30.4 Å². The van der Waals surface area contributed by atoms with E-state index in [0.717, 1.165) is 25.9 Å². The van der Waals surface area contributed by atoms with Crippen molar-refractivity contribution in [1.29, 1.82) is 0 Å². The van der Waals surface area contributed by atoms with Crippen LogP contribution in [-0.4, -0.2) is 54.7 Å². The van der Waals surface area contributed by atoms with Crippen molar-refractivity contribution in [3.05, 3.63) is 47.7 Å². The van der Waals surface area contributed by atoms with E-state index in [0.29, 0.717) is 36.0 Å². The van der Waals surface area contributed by atoms with Crippen molar-refractivity contribution in [2.24, 2.45) is 5.92 Å². The van der Waals surface area contributed by atoms with Crippen molar-refractivity contribution < 1.29 is 23.5 Å². The monoisotopic (exact) mass is 418 g/mol. The Bertz CT molecular complexity index is 878. The van der Waals surface area contributed by atoms with Crippen LogP contribution in [0.25, 0.3) is 0 Å². The maximum Gasteiger partial charge on any atom is 0.319 e. The molecular formula is C21H27FN4O4. The highest BCUT2D eigenvalue weighted by atomic mass is 19.1. The molecule has 2 heterocycles. The van der Waals surface area contributed by atoms with E-state index >= 15 is 0 Å². The summed E-state index contributed by atoms with van der Waals surface area (Å²) < 4.78 is 19.2. The van der Waals surface area contributed by atoms with Crippen molar-refractivity contribution >= 4 is 23.3 Å². The second kappa shape index (κ2) is 10.2. The van der Waals surface area contributed by atoms with E-state index in [1.54, 1.807) is 6.92 Å². The number of aryl methyl sites for hydroxylation is 1. The molecule has 1 aromatic heterocycles. The predicted octanol–water partition coefficient (Wildman–Crippen LogP) is 2.81. The van der Waals surface area contributed by atoms with Gasteiger partial charge in [-0.05, 0) is 63.0 Å². The summed E-state index contributed by atoms with van der Waals surface area (Å²) in [5, 5.41) is 17.0. The van der Waals surface area contributed by atoms with Crippen molar-refractivity contribution in [2.75, 3.05) is 43.4 Å². The lowest BCUT2D eigenvalue weighted by Crippen LogP contribution is -2.40. The van der Waals surface area contributed by atoms with Crippen LogP contribution in [0.5, 0.6) is 0 Å². The molecule has 0 spiro atoms. The van der Waals surface area contributed by atoms with E-state index in [9.17, 15) is 14.0 Å². The Kier molecular flexibility index (Phi) is 7.42. The fourth-order valence-electron chi connectivity index (χ4n) is 3.48. The fraction of sp³-hybridized carbons (Fsp3) is 0.429. The third-order valence-electron chi connectivity index (χ3n) is 5.25. The Morgan fingerprint density at radius 3 is 2.67 bits per heavy atom. The molecule has 1 saturated heterocycles. The second-order valence-electron chi connectivity index (χ2n) is 7.38. The average molecular weight is 418 g/mol. The SMILES string of the molecule is Cc1occc1C(=O)Nc1cc(NC(=O)NCC2CCN(CCO)CC2)ccc1F. The number of halogens is 1. The third-order valence-corrected chi connectivity index (χ3v) is 5.25. The van der Waals surface area contributed by atoms with Gasteiger partial charge in [0.2, 0.25) is 0 Å². The lowest BCUT2D eigenvalue weighted by molar-refractivity contribution is 0.102. The highest BCUT2D eigenvalue weighted by Crippen LogP contribution is 2.21. The number of amides is 3. The van der Waals surface area contributed by atoms with Gasteiger partial charge in [0.1, 0.15) is 11.6 Å². The van der Waals surface area contributed by atoms with Crippen molar-refractivity contribution in [3.63, 3.8) is 0 Å². The average Bonchev–Trinajstić information content (AvgIpc) is 3.16. The lowest BCUT2D eigenvalue weighted by Gasteiger charge is -2.31. The minimum atomic E-state index is -0.606. The molecule has 0 saturated carbocycles. The van der Waals surface area contributed by atoms with E-state index < -0.39 is 11.7 Å². The number of nitrogens with zero attached hydrogens (tertiary/aromatic N) is 1. The van der Waals surface area contributed by atoms with Gasteiger partial charge >= 0.3 is 6.03 Å². The lowest BCUT2D eigenvalue weighted by atomic mass is 9.97. The van der Waals surface area contributed by atoms with Crippen LogP contribution >= 0.6 is 0 Å². The number of anilines is 2. The quantitative estimate of drug-likeness (QED) is 0.553. The molecule has 8 nitrogen and oxygen atoms in total. The maximum atomic E-state index is 14.1. The molecule has 4 N–H and O–H groups in total. The molecule has 3 amide bonds. The molecule has 1 aromatic carbocycles. The molecule has 0 radical (unpaired) electrons. The number of aliphatic hydroxyl groups is 1. The van der Waals surface area contributed by atoms with Gasteiger partial charge in [0.25, 0.3) is 5.91 Å². The first kappa shape index (κ1) is 21.8. The molecule has 1 aliphatic heterocycles. The van der Waals surface area contributed by atoms with Crippen molar-refractivity contribution in [1.82, 2.24) is 10.2 Å². The summed E-state index contributed by atoms with van der Waals surface area (Å²) in [5.41, 5.74) is 0.649. The van der Waals surface area contributed by atoms with Crippen LogP contribution in [0.1, 0.15) is 29.0 Å². The number of hydrogen-bond acceptors (Lipinski definition) is 5. The van der Waals surface area contributed by atoms with E-state index in [1.165, 1.54) is 30.5 Å². The minimum Gasteiger partial charge on any atom is -0.469 e. The molecule has 9 heteroatoms. The third kappa shape index (κ3) is 5.80. The molecule has 3 rings (SSSR count). The number of piperidine rings is 1. The number of β-amino-alcohol motifs (C(OH)–C–C–N with tert-alkyl or cyclic N) is 1. The zero-order valence-corrected chi connectivity index (χ0v) is 16.9. The summed E-state index contributed by atoms with van der Waals surface area (Å²) in [6.07, 6.45) is 3.31. The summed E-state index contributed by atoms with van der Waals surface area (Å²) in [5.74, 6) is -0.282. The molecule has 0 unspecified atom stereocenters. The van der Waals surface area contributed by atoms with E-state index in [1.807, 2.05) is 0 Å². The number of furan rings is 1. The number of aliphatic hydroxyl groups excluding tert-OH is 1. The van der Waals surface area contributed by atoms with Crippen molar-refractivity contribution in [2.45, 2.75) is 19.8 Å². The summed E-state index contributed by atoms with van der Waals surface area (Å²) >= 11 is 0. The minimum absolute atomic E-state index is 0.0327. The number of carbonyl (C=O) groups excluding carboxylic acids is 2. The maximum absolute atomic E-state index is 14.1. The summed E-state index contributed by atoms with van der Waals surface area (Å²) in [6.45, 7) is 4.85. The largest absolute Gasteiger partial charge is 0.469 e. The predicted molar refractivity (Wildman–Crippen MR) is 111 cm³/mol. The van der Waals surface area contributed by atoms with Gasteiger partial charge in [-0.3, -0.25) is 4.79 Å². The molecule has 1 fully saturated rings. The molecular weight excluding hydrogens is 391 g/mol. The molecule has 30 heavy (non-hydrogen) atoms. The topological polar surface area (TPSA) is 107 Å². The molecule has 1 aliphatic rings. The van der Waals surface area contributed by atoms with Gasteiger partial charge in [0.05, 0.1) is 24.1 Å². The Balaban J connectivity index is 1.50. The number of hydrogen-bond donors (Lipinski definition) is 4. The second-order valence-corrected chi connectivity index (χ2v) is 7.38. The van der Waals surface area contributed by atoms with Gasteiger partial charge in [-0.1, -0.05) is 0 Å². The molecule has 0 bridgehead atoms. The van der Waals surface area contributed by atoms with Gasteiger partial charge in [-0.2, -0.15) is 0 Å². The molecule has 2 aromatic rings. The molecule has 0 aliphatic carbocycles. The van der Waals surface area contributed by atoms with Gasteiger partial charge in [0, 0.05) is 18.8 Å². The van der Waals surface area contributed by atoms with Crippen LogP contribution in [0.4, 0.5) is 20.6 Å². The highest BCUT2D eigenvalue weighted by Gasteiger charge is 2.19. The Labute approximate surface area is 174 Å². The first-order chi connectivity index (χ1) is 14.5.